The molecule has 1 aliphatic heterocycles. The van der Waals surface area contributed by atoms with Crippen LogP contribution in [0.5, 0.6) is 5.75 Å². The van der Waals surface area contributed by atoms with Crippen molar-refractivity contribution in [3.63, 3.8) is 0 Å². The molecule has 0 spiro atoms. The van der Waals surface area contributed by atoms with Crippen molar-refractivity contribution in [2.24, 2.45) is 0 Å². The number of hydrogen-bond donors (Lipinski definition) is 2. The van der Waals surface area contributed by atoms with Gasteiger partial charge in [0.1, 0.15) is 11.4 Å². The highest BCUT2D eigenvalue weighted by Crippen LogP contribution is 2.39. The molecule has 0 saturated carbocycles. The lowest BCUT2D eigenvalue weighted by Gasteiger charge is -2.38. The summed E-state index contributed by atoms with van der Waals surface area (Å²) in [5.41, 5.74) is 4.70. The summed E-state index contributed by atoms with van der Waals surface area (Å²) in [6.45, 7) is 10.0. The molecule has 1 amide bonds. The maximum atomic E-state index is 12.6. The highest BCUT2D eigenvalue weighted by atomic mass is 16.5. The van der Waals surface area contributed by atoms with Crippen molar-refractivity contribution >= 4 is 5.91 Å². The van der Waals surface area contributed by atoms with Gasteiger partial charge in [-0.15, -0.1) is 0 Å². The third-order valence-corrected chi connectivity index (χ3v) is 4.58. The quantitative estimate of drug-likeness (QED) is 0.909. The normalized spacial score (nSPS) is 18.6. The number of carbonyl (C=O) groups is 1. The second kappa shape index (κ2) is 5.96. The first-order chi connectivity index (χ1) is 11.2. The first kappa shape index (κ1) is 16.6. The number of nitrogens with one attached hydrogen (secondary N) is 2. The Morgan fingerprint density at radius 2 is 2.12 bits per heavy atom. The number of ether oxygens (including phenoxy) is 1. The van der Waals surface area contributed by atoms with Crippen molar-refractivity contribution < 1.29 is 9.53 Å². The lowest BCUT2D eigenvalue weighted by atomic mass is 9.89. The van der Waals surface area contributed by atoms with Crippen LogP contribution in [0.3, 0.4) is 0 Å². The molecule has 0 bridgehead atoms. The fourth-order valence-corrected chi connectivity index (χ4v) is 3.33. The van der Waals surface area contributed by atoms with Gasteiger partial charge in [0.25, 0.3) is 0 Å². The van der Waals surface area contributed by atoms with E-state index >= 15 is 0 Å². The molecule has 1 aliphatic rings. The zero-order chi connectivity index (χ0) is 17.5. The van der Waals surface area contributed by atoms with E-state index in [0.29, 0.717) is 6.42 Å². The van der Waals surface area contributed by atoms with Crippen LogP contribution in [0.25, 0.3) is 0 Å². The van der Waals surface area contributed by atoms with Crippen LogP contribution in [0.2, 0.25) is 0 Å². The molecule has 24 heavy (non-hydrogen) atoms. The van der Waals surface area contributed by atoms with E-state index in [9.17, 15) is 4.79 Å². The van der Waals surface area contributed by atoms with Gasteiger partial charge in [0.05, 0.1) is 18.2 Å². The Bertz CT molecular complexity index is 757. The minimum absolute atomic E-state index is 0.0109. The Kier molecular flexibility index (Phi) is 4.11. The number of aromatic amines is 1. The molecule has 5 nitrogen and oxygen atoms in total. The van der Waals surface area contributed by atoms with Crippen LogP contribution in [0.4, 0.5) is 0 Å². The number of fused-ring (bicyclic) bond motifs is 1. The SMILES string of the molecule is Cc1ccc2c(c1)OC(C)(C)CC2NC(=O)Cc1c(C)n[nH]c1C. The molecule has 1 aromatic heterocycles. The summed E-state index contributed by atoms with van der Waals surface area (Å²) in [5.74, 6) is 0.879. The number of amides is 1. The summed E-state index contributed by atoms with van der Waals surface area (Å²) in [6.07, 6.45) is 1.09. The van der Waals surface area contributed by atoms with E-state index in [-0.39, 0.29) is 17.6 Å². The van der Waals surface area contributed by atoms with Crippen LogP contribution in [-0.2, 0) is 11.2 Å². The van der Waals surface area contributed by atoms with Crippen LogP contribution in [0.1, 0.15) is 54.4 Å². The van der Waals surface area contributed by atoms with Crippen molar-refractivity contribution in [3.05, 3.63) is 46.3 Å². The molecule has 0 radical (unpaired) electrons. The Balaban J connectivity index is 1.81. The Morgan fingerprint density at radius 1 is 1.38 bits per heavy atom. The lowest BCUT2D eigenvalue weighted by molar-refractivity contribution is -0.121. The van der Waals surface area contributed by atoms with Gasteiger partial charge < -0.3 is 10.1 Å². The van der Waals surface area contributed by atoms with Crippen LogP contribution in [0.15, 0.2) is 18.2 Å². The lowest BCUT2D eigenvalue weighted by Crippen LogP contribution is -2.41. The molecular weight excluding hydrogens is 302 g/mol. The van der Waals surface area contributed by atoms with Crippen LogP contribution in [-0.4, -0.2) is 21.7 Å². The minimum Gasteiger partial charge on any atom is -0.487 e. The molecule has 3 rings (SSSR count). The third-order valence-electron chi connectivity index (χ3n) is 4.58. The van der Waals surface area contributed by atoms with Crippen molar-refractivity contribution in [2.75, 3.05) is 0 Å². The smallest absolute Gasteiger partial charge is 0.225 e. The van der Waals surface area contributed by atoms with Crippen molar-refractivity contribution in [3.8, 4) is 5.75 Å². The fraction of sp³-hybridized carbons (Fsp3) is 0.474. The third kappa shape index (κ3) is 3.30. The van der Waals surface area contributed by atoms with Gasteiger partial charge in [-0.25, -0.2) is 0 Å². The predicted molar refractivity (Wildman–Crippen MR) is 93.2 cm³/mol. The molecule has 1 unspecified atom stereocenters. The Hall–Kier alpha value is -2.30. The Morgan fingerprint density at radius 3 is 2.79 bits per heavy atom. The van der Waals surface area contributed by atoms with Crippen LogP contribution < -0.4 is 10.1 Å². The number of carbonyl (C=O) groups excluding carboxylic acids is 1. The van der Waals surface area contributed by atoms with E-state index in [2.05, 4.69) is 41.5 Å². The summed E-state index contributed by atoms with van der Waals surface area (Å²) >= 11 is 0. The molecular formula is C19H25N3O2. The summed E-state index contributed by atoms with van der Waals surface area (Å²) in [4.78, 5) is 12.6. The number of rotatable bonds is 3. The molecule has 2 N–H and O–H groups in total. The van der Waals surface area contributed by atoms with Crippen molar-refractivity contribution in [1.82, 2.24) is 15.5 Å². The van der Waals surface area contributed by atoms with Gasteiger partial charge in [0.2, 0.25) is 5.91 Å². The summed E-state index contributed by atoms with van der Waals surface area (Å²) in [5, 5.41) is 10.3. The highest BCUT2D eigenvalue weighted by molar-refractivity contribution is 5.79. The fourth-order valence-electron chi connectivity index (χ4n) is 3.33. The number of H-pyrrole nitrogens is 1. The van der Waals surface area contributed by atoms with E-state index in [1.807, 2.05) is 26.8 Å². The topological polar surface area (TPSA) is 67.0 Å². The molecule has 0 saturated heterocycles. The van der Waals surface area contributed by atoms with Crippen molar-refractivity contribution in [1.29, 1.82) is 0 Å². The summed E-state index contributed by atoms with van der Waals surface area (Å²) in [7, 11) is 0. The van der Waals surface area contributed by atoms with Crippen LogP contribution in [0, 0.1) is 20.8 Å². The standard InChI is InChI=1S/C19H25N3O2/c1-11-6-7-14-16(10-19(4,5)24-17(14)8-11)20-18(23)9-15-12(2)21-22-13(15)3/h6-8,16H,9-10H2,1-5H3,(H,20,23)(H,21,22). The summed E-state index contributed by atoms with van der Waals surface area (Å²) < 4.78 is 6.09. The van der Waals surface area contributed by atoms with Gasteiger partial charge in [-0.3, -0.25) is 9.89 Å². The molecule has 2 aromatic rings. The number of benzene rings is 1. The monoisotopic (exact) mass is 327 g/mol. The first-order valence-corrected chi connectivity index (χ1v) is 8.34. The van der Waals surface area contributed by atoms with Gasteiger partial charge in [-0.2, -0.15) is 5.10 Å². The minimum atomic E-state index is -0.305. The molecule has 1 atom stereocenters. The van der Waals surface area contributed by atoms with Gasteiger partial charge in [0, 0.05) is 23.2 Å². The second-order valence-corrected chi connectivity index (χ2v) is 7.32. The molecule has 1 aromatic carbocycles. The largest absolute Gasteiger partial charge is 0.487 e. The average molecular weight is 327 g/mol. The van der Waals surface area contributed by atoms with Gasteiger partial charge in [0.15, 0.2) is 0 Å². The number of aromatic nitrogens is 2. The number of hydrogen-bond acceptors (Lipinski definition) is 3. The Labute approximate surface area is 142 Å². The van der Waals surface area contributed by atoms with Gasteiger partial charge >= 0.3 is 0 Å². The number of nitrogens with zero attached hydrogens (tertiary/aromatic N) is 1. The molecule has 0 aliphatic carbocycles. The van der Waals surface area contributed by atoms with Crippen molar-refractivity contribution in [2.45, 2.75) is 59.1 Å². The highest BCUT2D eigenvalue weighted by Gasteiger charge is 2.34. The van der Waals surface area contributed by atoms with Crippen LogP contribution >= 0.6 is 0 Å². The van der Waals surface area contributed by atoms with E-state index in [1.165, 1.54) is 0 Å². The molecule has 128 valence electrons. The number of aryl methyl sites for hydroxylation is 3. The first-order valence-electron chi connectivity index (χ1n) is 8.34. The van der Waals surface area contributed by atoms with Gasteiger partial charge in [-0.1, -0.05) is 12.1 Å². The average Bonchev–Trinajstić information content (AvgIpc) is 2.77. The molecule has 2 heterocycles. The predicted octanol–water partition coefficient (Wildman–Crippen LogP) is 3.30. The van der Waals surface area contributed by atoms with E-state index in [0.717, 1.165) is 40.2 Å². The molecule has 5 heteroatoms. The van der Waals surface area contributed by atoms with E-state index in [1.54, 1.807) is 0 Å². The summed E-state index contributed by atoms with van der Waals surface area (Å²) in [6, 6.07) is 6.12. The maximum absolute atomic E-state index is 12.6. The second-order valence-electron chi connectivity index (χ2n) is 7.32. The van der Waals surface area contributed by atoms with E-state index in [4.69, 9.17) is 4.74 Å². The molecule has 0 fully saturated rings. The maximum Gasteiger partial charge on any atom is 0.225 e. The van der Waals surface area contributed by atoms with E-state index < -0.39 is 0 Å². The van der Waals surface area contributed by atoms with Gasteiger partial charge in [-0.05, 0) is 46.2 Å². The zero-order valence-electron chi connectivity index (χ0n) is 15.0. The zero-order valence-corrected chi connectivity index (χ0v) is 15.0.